The molecule has 4 heteroatoms. The first kappa shape index (κ1) is 16.2. The Kier molecular flexibility index (Phi) is 6.77. The Hall–Kier alpha value is -1.84. The van der Waals surface area contributed by atoms with E-state index in [4.69, 9.17) is 4.74 Å². The van der Waals surface area contributed by atoms with Gasteiger partial charge in [-0.05, 0) is 18.4 Å². The van der Waals surface area contributed by atoms with Gasteiger partial charge < -0.3 is 14.6 Å². The highest BCUT2D eigenvalue weighted by Crippen LogP contribution is 2.15. The van der Waals surface area contributed by atoms with Gasteiger partial charge in [0.1, 0.15) is 0 Å². The minimum atomic E-state index is -1.37. The molecule has 0 aliphatic rings. The fourth-order valence-electron chi connectivity index (χ4n) is 2.01. The molecule has 20 heavy (non-hydrogen) atoms. The number of hydrogen-bond acceptors (Lipinski definition) is 4. The first-order valence-electron chi connectivity index (χ1n) is 7.07. The lowest BCUT2D eigenvalue weighted by atomic mass is 10.0. The summed E-state index contributed by atoms with van der Waals surface area (Å²) in [4.78, 5) is 22.9. The molecule has 1 aromatic rings. The van der Waals surface area contributed by atoms with Crippen LogP contribution < -0.4 is 5.11 Å². The van der Waals surface area contributed by atoms with Crippen molar-refractivity contribution in [1.82, 2.24) is 0 Å². The van der Waals surface area contributed by atoms with E-state index in [1.165, 1.54) is 12.1 Å². The van der Waals surface area contributed by atoms with Crippen LogP contribution >= 0.6 is 0 Å². The second kappa shape index (κ2) is 8.35. The third kappa shape index (κ3) is 4.68. The van der Waals surface area contributed by atoms with Gasteiger partial charge in [0.15, 0.2) is 0 Å². The van der Waals surface area contributed by atoms with Crippen molar-refractivity contribution in [2.75, 3.05) is 6.61 Å². The van der Waals surface area contributed by atoms with E-state index in [-0.39, 0.29) is 11.1 Å². The van der Waals surface area contributed by atoms with E-state index in [0.29, 0.717) is 12.5 Å². The molecule has 0 saturated carbocycles. The summed E-state index contributed by atoms with van der Waals surface area (Å²) in [5.74, 6) is -1.63. The second-order valence-electron chi connectivity index (χ2n) is 4.85. The molecule has 0 saturated heterocycles. The van der Waals surface area contributed by atoms with Crippen molar-refractivity contribution in [3.05, 3.63) is 35.4 Å². The van der Waals surface area contributed by atoms with Gasteiger partial charge in [-0.3, -0.25) is 0 Å². The van der Waals surface area contributed by atoms with Crippen LogP contribution in [-0.2, 0) is 4.74 Å². The van der Waals surface area contributed by atoms with Gasteiger partial charge in [-0.25, -0.2) is 4.79 Å². The quantitative estimate of drug-likeness (QED) is 0.684. The van der Waals surface area contributed by atoms with Crippen LogP contribution in [-0.4, -0.2) is 18.5 Å². The highest BCUT2D eigenvalue weighted by Gasteiger charge is 2.15. The Morgan fingerprint density at radius 2 is 1.85 bits per heavy atom. The molecule has 0 N–H and O–H groups in total. The first-order valence-corrected chi connectivity index (χ1v) is 7.07. The van der Waals surface area contributed by atoms with Crippen LogP contribution in [0, 0.1) is 5.92 Å². The lowest BCUT2D eigenvalue weighted by Crippen LogP contribution is -2.25. The van der Waals surface area contributed by atoms with Gasteiger partial charge in [0.2, 0.25) is 0 Å². The maximum Gasteiger partial charge on any atom is 0.338 e. The molecular formula is C16H21O4-. The maximum atomic E-state index is 12.0. The Bertz CT molecular complexity index is 454. The zero-order valence-corrected chi connectivity index (χ0v) is 12.1. The van der Waals surface area contributed by atoms with Crippen molar-refractivity contribution in [1.29, 1.82) is 0 Å². The Morgan fingerprint density at radius 1 is 1.20 bits per heavy atom. The SMILES string of the molecule is CCCC[C@H](CC)COC(=O)c1ccccc1C(=O)[O-]. The second-order valence-corrected chi connectivity index (χ2v) is 4.85. The predicted octanol–water partition coefficient (Wildman–Crippen LogP) is 2.42. The lowest BCUT2D eigenvalue weighted by Gasteiger charge is -2.15. The highest BCUT2D eigenvalue weighted by molar-refractivity contribution is 6.01. The summed E-state index contributed by atoms with van der Waals surface area (Å²) in [6, 6.07) is 5.95. The summed E-state index contributed by atoms with van der Waals surface area (Å²) >= 11 is 0. The van der Waals surface area contributed by atoms with E-state index in [9.17, 15) is 14.7 Å². The van der Waals surface area contributed by atoms with Crippen LogP contribution in [0.25, 0.3) is 0 Å². The number of carbonyl (C=O) groups excluding carboxylic acids is 2. The molecule has 0 amide bonds. The van der Waals surface area contributed by atoms with E-state index in [1.807, 2.05) is 0 Å². The largest absolute Gasteiger partial charge is 0.545 e. The standard InChI is InChI=1S/C16H22O4/c1-3-5-8-12(4-2)11-20-16(19)14-10-7-6-9-13(14)15(17)18/h6-7,9-10,12H,3-5,8,11H2,1-2H3,(H,17,18)/p-1/t12-/m0/s1. The molecule has 0 aromatic heterocycles. The minimum Gasteiger partial charge on any atom is -0.545 e. The highest BCUT2D eigenvalue weighted by atomic mass is 16.5. The third-order valence-corrected chi connectivity index (χ3v) is 3.36. The average molecular weight is 277 g/mol. The number of ether oxygens (including phenoxy) is 1. The number of unbranched alkanes of at least 4 members (excludes halogenated alkanes) is 1. The first-order chi connectivity index (χ1) is 9.60. The monoisotopic (exact) mass is 277 g/mol. The molecular weight excluding hydrogens is 256 g/mol. The number of rotatable bonds is 8. The molecule has 0 radical (unpaired) electrons. The van der Waals surface area contributed by atoms with E-state index in [2.05, 4.69) is 13.8 Å². The fraction of sp³-hybridized carbons (Fsp3) is 0.500. The normalized spacial score (nSPS) is 11.9. The summed E-state index contributed by atoms with van der Waals surface area (Å²) in [7, 11) is 0. The van der Waals surface area contributed by atoms with Gasteiger partial charge in [-0.1, -0.05) is 51.3 Å². The van der Waals surface area contributed by atoms with Crippen molar-refractivity contribution < 1.29 is 19.4 Å². The summed E-state index contributed by atoms with van der Waals surface area (Å²) in [6.45, 7) is 4.51. The van der Waals surface area contributed by atoms with Crippen LogP contribution in [0.15, 0.2) is 24.3 Å². The summed E-state index contributed by atoms with van der Waals surface area (Å²) < 4.78 is 5.24. The Balaban J connectivity index is 2.65. The van der Waals surface area contributed by atoms with Crippen LogP contribution in [0.3, 0.4) is 0 Å². The number of esters is 1. The summed E-state index contributed by atoms with van der Waals surface area (Å²) in [6.07, 6.45) is 4.17. The fourth-order valence-corrected chi connectivity index (χ4v) is 2.01. The zero-order chi connectivity index (χ0) is 15.0. The predicted molar refractivity (Wildman–Crippen MR) is 74.4 cm³/mol. The molecule has 110 valence electrons. The molecule has 0 unspecified atom stereocenters. The van der Waals surface area contributed by atoms with Crippen molar-refractivity contribution in [2.45, 2.75) is 39.5 Å². The van der Waals surface area contributed by atoms with Gasteiger partial charge >= 0.3 is 5.97 Å². The van der Waals surface area contributed by atoms with Gasteiger partial charge in [0.05, 0.1) is 18.1 Å². The molecule has 0 aliphatic carbocycles. The third-order valence-electron chi connectivity index (χ3n) is 3.36. The molecule has 0 fully saturated rings. The number of carbonyl (C=O) groups is 2. The number of carboxylic acids is 1. The molecule has 0 heterocycles. The van der Waals surface area contributed by atoms with Crippen LogP contribution in [0.2, 0.25) is 0 Å². The summed E-state index contributed by atoms with van der Waals surface area (Å²) in [5, 5.41) is 10.9. The van der Waals surface area contributed by atoms with Gasteiger partial charge in [-0.15, -0.1) is 0 Å². The van der Waals surface area contributed by atoms with E-state index >= 15 is 0 Å². The van der Waals surface area contributed by atoms with Crippen molar-refractivity contribution in [2.24, 2.45) is 5.92 Å². The molecule has 0 bridgehead atoms. The maximum absolute atomic E-state index is 12.0. The number of benzene rings is 1. The summed E-state index contributed by atoms with van der Waals surface area (Å²) in [5.41, 5.74) is -0.0723. The smallest absolute Gasteiger partial charge is 0.338 e. The molecule has 0 spiro atoms. The van der Waals surface area contributed by atoms with Crippen molar-refractivity contribution >= 4 is 11.9 Å². The number of carboxylic acid groups (broad SMARTS) is 1. The zero-order valence-electron chi connectivity index (χ0n) is 12.1. The molecule has 1 atom stereocenters. The topological polar surface area (TPSA) is 66.4 Å². The molecule has 1 rings (SSSR count). The van der Waals surface area contributed by atoms with E-state index in [1.54, 1.807) is 12.1 Å². The van der Waals surface area contributed by atoms with Gasteiger partial charge in [0.25, 0.3) is 0 Å². The number of aromatic carboxylic acids is 1. The molecule has 0 aliphatic heterocycles. The molecule has 1 aromatic carbocycles. The lowest BCUT2D eigenvalue weighted by molar-refractivity contribution is -0.255. The van der Waals surface area contributed by atoms with Gasteiger partial charge in [0, 0.05) is 5.56 Å². The van der Waals surface area contributed by atoms with Crippen molar-refractivity contribution in [3.63, 3.8) is 0 Å². The molecule has 4 nitrogen and oxygen atoms in total. The van der Waals surface area contributed by atoms with Crippen LogP contribution in [0.1, 0.15) is 60.2 Å². The van der Waals surface area contributed by atoms with Gasteiger partial charge in [-0.2, -0.15) is 0 Å². The van der Waals surface area contributed by atoms with Crippen LogP contribution in [0.4, 0.5) is 0 Å². The van der Waals surface area contributed by atoms with Crippen molar-refractivity contribution in [3.8, 4) is 0 Å². The average Bonchev–Trinajstić information content (AvgIpc) is 2.47. The van der Waals surface area contributed by atoms with Crippen LogP contribution in [0.5, 0.6) is 0 Å². The Morgan fingerprint density at radius 3 is 2.40 bits per heavy atom. The van der Waals surface area contributed by atoms with E-state index < -0.39 is 11.9 Å². The van der Waals surface area contributed by atoms with E-state index in [0.717, 1.165) is 25.7 Å². The Labute approximate surface area is 119 Å². The minimum absolute atomic E-state index is 0.0536. The number of hydrogen-bond donors (Lipinski definition) is 0.